The van der Waals surface area contributed by atoms with Crippen LogP contribution in [0, 0.1) is 6.92 Å². The number of nitrogens with zero attached hydrogens (tertiary/aromatic N) is 1. The van der Waals surface area contributed by atoms with Crippen molar-refractivity contribution < 1.29 is 29.0 Å². The second-order valence-electron chi connectivity index (χ2n) is 10.8. The van der Waals surface area contributed by atoms with Gasteiger partial charge in [-0.1, -0.05) is 30.3 Å². The molecule has 2 N–H and O–H groups in total. The molecule has 0 bridgehead atoms. The van der Waals surface area contributed by atoms with Crippen LogP contribution in [0.25, 0.3) is 11.1 Å². The standard InChI is InChI=1S/C30H40N2O6S.Li.H/c1-20-8-6-7-9-23(20)25-18-21(10-11-24(25)27(33)31-26(28(34)35)14-17-39-5)19-37-22-12-15-32(16-13-22)29(36)38-30(2,3)4;;/h6-11,18,22,26H,12-17,19H2,1-5H3,(H,31,33)(H,34,35);;/t26-;;/m0../s1. The van der Waals surface area contributed by atoms with Crippen molar-refractivity contribution >= 4 is 48.6 Å². The van der Waals surface area contributed by atoms with E-state index < -0.39 is 23.5 Å². The fourth-order valence-corrected chi connectivity index (χ4v) is 4.92. The second kappa shape index (κ2) is 15.5. The molecule has 2 amide bonds. The first-order valence-electron chi connectivity index (χ1n) is 13.3. The molecule has 0 aromatic heterocycles. The maximum absolute atomic E-state index is 13.3. The molecule has 0 saturated carbocycles. The van der Waals surface area contributed by atoms with Crippen molar-refractivity contribution in [3.8, 4) is 11.1 Å². The van der Waals surface area contributed by atoms with Gasteiger partial charge < -0.3 is 24.8 Å². The quantitative estimate of drug-likeness (QED) is 0.397. The van der Waals surface area contributed by atoms with E-state index in [0.29, 0.717) is 37.4 Å². The minimum atomic E-state index is -1.04. The molecular formula is C30H41LiN2O6S. The minimum absolute atomic E-state index is 0. The van der Waals surface area contributed by atoms with Gasteiger partial charge in [0.05, 0.1) is 12.7 Å². The number of carboxylic acid groups (broad SMARTS) is 1. The molecule has 1 heterocycles. The fraction of sp³-hybridized carbons (Fsp3) is 0.500. The SMILES string of the molecule is CSCC[C@H](NC(=O)c1ccc(COC2CCN(C(=O)OC(C)(C)C)CC2)cc1-c1ccccc1C)C(=O)O.[LiH]. The Morgan fingerprint density at radius 2 is 1.77 bits per heavy atom. The van der Waals surface area contributed by atoms with E-state index in [1.165, 1.54) is 0 Å². The normalized spacial score (nSPS) is 14.7. The maximum atomic E-state index is 13.3. The summed E-state index contributed by atoms with van der Waals surface area (Å²) in [6, 6.07) is 12.4. The molecule has 8 nitrogen and oxygen atoms in total. The van der Waals surface area contributed by atoms with Crippen LogP contribution in [0.4, 0.5) is 4.79 Å². The van der Waals surface area contributed by atoms with Crippen molar-refractivity contribution in [3.05, 3.63) is 59.2 Å². The van der Waals surface area contributed by atoms with Crippen molar-refractivity contribution in [2.24, 2.45) is 0 Å². The van der Waals surface area contributed by atoms with Crippen LogP contribution in [0.15, 0.2) is 42.5 Å². The molecule has 40 heavy (non-hydrogen) atoms. The van der Waals surface area contributed by atoms with Crippen molar-refractivity contribution in [2.45, 2.75) is 71.3 Å². The molecule has 1 fully saturated rings. The third-order valence-electron chi connectivity index (χ3n) is 6.56. The first kappa shape index (κ1) is 33.8. The van der Waals surface area contributed by atoms with E-state index in [9.17, 15) is 19.5 Å². The molecule has 1 aliphatic rings. The number of thioether (sulfide) groups is 1. The van der Waals surface area contributed by atoms with Gasteiger partial charge in [0, 0.05) is 18.7 Å². The summed E-state index contributed by atoms with van der Waals surface area (Å²) in [6.07, 6.45) is 3.41. The Morgan fingerprint density at radius 1 is 1.10 bits per heavy atom. The number of benzene rings is 2. The van der Waals surface area contributed by atoms with Crippen LogP contribution in [-0.4, -0.2) is 89.7 Å². The predicted octanol–water partition coefficient (Wildman–Crippen LogP) is 4.87. The zero-order valence-corrected chi connectivity index (χ0v) is 24.3. The van der Waals surface area contributed by atoms with Crippen molar-refractivity contribution in [3.63, 3.8) is 0 Å². The molecule has 1 saturated heterocycles. The van der Waals surface area contributed by atoms with Gasteiger partial charge in [0.1, 0.15) is 11.6 Å². The zero-order chi connectivity index (χ0) is 28.6. The number of aryl methyl sites for hydroxylation is 1. The molecule has 3 rings (SSSR count). The van der Waals surface area contributed by atoms with Crippen LogP contribution in [0.3, 0.4) is 0 Å². The van der Waals surface area contributed by atoms with Gasteiger partial charge in [0.25, 0.3) is 5.91 Å². The molecule has 1 atom stereocenters. The molecule has 0 radical (unpaired) electrons. The summed E-state index contributed by atoms with van der Waals surface area (Å²) in [4.78, 5) is 39.0. The number of piperidine rings is 1. The van der Waals surface area contributed by atoms with Gasteiger partial charge in [-0.15, -0.1) is 0 Å². The number of hydrogen-bond acceptors (Lipinski definition) is 6. The number of hydrogen-bond donors (Lipinski definition) is 2. The average molecular weight is 565 g/mol. The van der Waals surface area contributed by atoms with E-state index >= 15 is 0 Å². The second-order valence-corrected chi connectivity index (χ2v) is 11.8. The van der Waals surface area contributed by atoms with E-state index in [4.69, 9.17) is 9.47 Å². The molecule has 10 heteroatoms. The number of aliphatic carboxylic acids is 1. The Balaban J connectivity index is 0.00000560. The van der Waals surface area contributed by atoms with E-state index in [2.05, 4.69) is 5.32 Å². The Kier molecular flexibility index (Phi) is 13.1. The summed E-state index contributed by atoms with van der Waals surface area (Å²) in [6.45, 7) is 9.08. The zero-order valence-electron chi connectivity index (χ0n) is 23.5. The van der Waals surface area contributed by atoms with Crippen LogP contribution < -0.4 is 5.32 Å². The number of nitrogens with one attached hydrogen (secondary N) is 1. The third kappa shape index (κ3) is 9.88. The molecule has 0 unspecified atom stereocenters. The van der Waals surface area contributed by atoms with E-state index in [-0.39, 0.29) is 31.1 Å². The Hall–Kier alpha value is -2.44. The molecule has 0 aliphatic carbocycles. The van der Waals surface area contributed by atoms with E-state index in [1.807, 2.05) is 70.3 Å². The van der Waals surface area contributed by atoms with Crippen molar-refractivity contribution in [2.75, 3.05) is 25.1 Å². The van der Waals surface area contributed by atoms with Crippen LogP contribution in [0.5, 0.6) is 0 Å². The number of carbonyl (C=O) groups is 3. The van der Waals surface area contributed by atoms with Gasteiger partial charge in [-0.3, -0.25) is 4.79 Å². The van der Waals surface area contributed by atoms with Crippen molar-refractivity contribution in [1.29, 1.82) is 0 Å². The van der Waals surface area contributed by atoms with Crippen LogP contribution >= 0.6 is 11.8 Å². The van der Waals surface area contributed by atoms with E-state index in [1.54, 1.807) is 22.7 Å². The summed E-state index contributed by atoms with van der Waals surface area (Å²) in [5.74, 6) is -0.823. The van der Waals surface area contributed by atoms with Crippen LogP contribution in [0.2, 0.25) is 0 Å². The summed E-state index contributed by atoms with van der Waals surface area (Å²) in [5, 5.41) is 12.3. The number of carboxylic acids is 1. The summed E-state index contributed by atoms with van der Waals surface area (Å²) in [7, 11) is 0. The molecule has 1 aliphatic heterocycles. The summed E-state index contributed by atoms with van der Waals surface area (Å²) >= 11 is 1.54. The van der Waals surface area contributed by atoms with Crippen LogP contribution in [-0.2, 0) is 20.9 Å². The number of amides is 2. The topological polar surface area (TPSA) is 105 Å². The molecule has 2 aromatic rings. The average Bonchev–Trinajstić information content (AvgIpc) is 2.89. The van der Waals surface area contributed by atoms with E-state index in [0.717, 1.165) is 35.1 Å². The van der Waals surface area contributed by atoms with Gasteiger partial charge in [0.15, 0.2) is 0 Å². The molecular weight excluding hydrogens is 523 g/mol. The predicted molar refractivity (Wildman–Crippen MR) is 161 cm³/mol. The van der Waals surface area contributed by atoms with Crippen LogP contribution in [0.1, 0.15) is 61.5 Å². The number of rotatable bonds is 10. The molecule has 0 spiro atoms. The number of ether oxygens (including phenoxy) is 2. The Morgan fingerprint density at radius 3 is 2.38 bits per heavy atom. The third-order valence-corrected chi connectivity index (χ3v) is 7.20. The Bertz CT molecular complexity index is 1160. The van der Waals surface area contributed by atoms with Gasteiger partial charge in [-0.2, -0.15) is 11.8 Å². The molecule has 214 valence electrons. The van der Waals surface area contributed by atoms with Gasteiger partial charge in [-0.25, -0.2) is 9.59 Å². The number of likely N-dealkylation sites (tertiary alicyclic amines) is 1. The first-order valence-corrected chi connectivity index (χ1v) is 14.7. The molecule has 2 aromatic carbocycles. The monoisotopic (exact) mass is 564 g/mol. The van der Waals surface area contributed by atoms with Gasteiger partial charge >= 0.3 is 30.9 Å². The summed E-state index contributed by atoms with van der Waals surface area (Å²) in [5.41, 5.74) is 3.47. The summed E-state index contributed by atoms with van der Waals surface area (Å²) < 4.78 is 11.7. The Labute approximate surface area is 253 Å². The fourth-order valence-electron chi connectivity index (χ4n) is 4.45. The van der Waals surface area contributed by atoms with Crippen molar-refractivity contribution in [1.82, 2.24) is 10.2 Å². The van der Waals surface area contributed by atoms with Gasteiger partial charge in [-0.05, 0) is 93.4 Å². The first-order chi connectivity index (χ1) is 18.5. The van der Waals surface area contributed by atoms with Gasteiger partial charge in [0.2, 0.25) is 0 Å². The number of carbonyl (C=O) groups excluding carboxylic acids is 2.